The first-order chi connectivity index (χ1) is 20.8. The zero-order valence-corrected chi connectivity index (χ0v) is 26.5. The molecule has 1 amide bonds. The first kappa shape index (κ1) is 35.2. The second-order valence-corrected chi connectivity index (χ2v) is 13.0. The van der Waals surface area contributed by atoms with Crippen molar-refractivity contribution in [1.29, 1.82) is 0 Å². The van der Waals surface area contributed by atoms with Gasteiger partial charge in [-0.3, -0.25) is 9.69 Å². The van der Waals surface area contributed by atoms with E-state index >= 15 is 4.39 Å². The third kappa shape index (κ3) is 8.88. The van der Waals surface area contributed by atoms with Crippen LogP contribution in [0, 0.1) is 5.82 Å². The van der Waals surface area contributed by atoms with Crippen LogP contribution < -0.4 is 22.7 Å². The second-order valence-electron chi connectivity index (χ2n) is 9.82. The number of carbonyl (C=O) groups is 1. The number of carbonyl (C=O) groups excluding carboxylic acids is 1. The van der Waals surface area contributed by atoms with Gasteiger partial charge in [0, 0.05) is 12.1 Å². The molecule has 45 heavy (non-hydrogen) atoms. The Kier molecular flexibility index (Phi) is 10.4. The number of methoxy groups -OCH3 is 2. The fourth-order valence-electron chi connectivity index (χ4n) is 4.16. The van der Waals surface area contributed by atoms with Crippen molar-refractivity contribution >= 4 is 31.8 Å². The smallest absolute Gasteiger partial charge is 0.471 e. The van der Waals surface area contributed by atoms with Crippen molar-refractivity contribution in [2.24, 2.45) is 0 Å². The Morgan fingerprint density at radius 3 is 1.89 bits per heavy atom. The first-order valence-corrected chi connectivity index (χ1v) is 16.4. The molecular weight excluding hydrogens is 646 g/mol. The van der Waals surface area contributed by atoms with Crippen molar-refractivity contribution in [3.05, 3.63) is 66.0 Å². The van der Waals surface area contributed by atoms with Crippen molar-refractivity contribution in [2.45, 2.75) is 20.0 Å². The van der Waals surface area contributed by atoms with Gasteiger partial charge >= 0.3 is 32.3 Å². The summed E-state index contributed by atoms with van der Waals surface area (Å²) in [4.78, 5) is 12.4. The first-order valence-electron chi connectivity index (χ1n) is 12.8. The molecule has 0 aliphatic heterocycles. The second kappa shape index (κ2) is 13.4. The van der Waals surface area contributed by atoms with Crippen molar-refractivity contribution in [3.8, 4) is 45.3 Å². The molecule has 0 saturated carbocycles. The summed E-state index contributed by atoms with van der Waals surface area (Å²) in [5.74, 6) is -4.18. The van der Waals surface area contributed by atoms with Crippen LogP contribution in [0.1, 0.15) is 13.8 Å². The van der Waals surface area contributed by atoms with Gasteiger partial charge < -0.3 is 17.8 Å². The Balaban J connectivity index is 2.28. The molecule has 3 aromatic carbocycles. The third-order valence-corrected chi connectivity index (χ3v) is 6.93. The van der Waals surface area contributed by atoms with Crippen molar-refractivity contribution in [1.82, 2.24) is 0 Å². The summed E-state index contributed by atoms with van der Waals surface area (Å²) in [6, 6.07) is 9.91. The topological polar surface area (TPSA) is 126 Å². The van der Waals surface area contributed by atoms with Gasteiger partial charge in [0.2, 0.25) is 0 Å². The lowest BCUT2D eigenvalue weighted by atomic mass is 9.96. The number of rotatable bonds is 11. The zero-order chi connectivity index (χ0) is 33.9. The number of alkyl halides is 3. The third-order valence-electron chi connectivity index (χ3n) is 5.97. The van der Waals surface area contributed by atoms with E-state index in [4.69, 9.17) is 17.8 Å². The van der Waals surface area contributed by atoms with E-state index in [0.717, 1.165) is 24.6 Å². The van der Waals surface area contributed by atoms with Crippen LogP contribution in [0.3, 0.4) is 0 Å². The maximum atomic E-state index is 15.6. The Hall–Kier alpha value is -4.31. The molecule has 3 aromatic rings. The minimum absolute atomic E-state index is 0.00499. The number of nitrogens with zero attached hydrogens (tertiary/aromatic N) is 1. The Morgan fingerprint density at radius 1 is 0.844 bits per heavy atom. The number of ether oxygens (including phenoxy) is 2. The number of amides is 1. The lowest BCUT2D eigenvalue weighted by molar-refractivity contribution is -0.170. The molecule has 0 spiro atoms. The number of halogens is 4. The van der Waals surface area contributed by atoms with Crippen LogP contribution in [0.25, 0.3) is 22.3 Å². The van der Waals surface area contributed by atoms with Gasteiger partial charge in [0.15, 0.2) is 11.5 Å². The Labute approximate surface area is 258 Å². The average molecular weight is 676 g/mol. The molecule has 16 heteroatoms. The van der Waals surface area contributed by atoms with Crippen LogP contribution in [-0.2, 0) is 25.0 Å². The molecule has 0 saturated heterocycles. The van der Waals surface area contributed by atoms with Gasteiger partial charge in [-0.25, -0.2) is 4.39 Å². The number of benzene rings is 3. The lowest BCUT2D eigenvalue weighted by Crippen LogP contribution is -2.42. The van der Waals surface area contributed by atoms with E-state index in [1.54, 1.807) is 13.8 Å². The van der Waals surface area contributed by atoms with Gasteiger partial charge in [-0.2, -0.15) is 30.0 Å². The molecule has 3 rings (SSSR count). The SMILES string of the molecule is COc1cc(-c2ccc(OS(C)(=O)=O)cc2)c(OC)c(OS(C)(=O)=O)c1-c1ccc(N(CC=C(C)C)C(=O)C(F)(F)F)c(F)c1. The predicted molar refractivity (Wildman–Crippen MR) is 159 cm³/mol. The molecule has 10 nitrogen and oxygen atoms in total. The highest BCUT2D eigenvalue weighted by atomic mass is 32.2. The van der Waals surface area contributed by atoms with Crippen LogP contribution in [0.5, 0.6) is 23.0 Å². The summed E-state index contributed by atoms with van der Waals surface area (Å²) in [6.45, 7) is 2.62. The highest BCUT2D eigenvalue weighted by molar-refractivity contribution is 7.86. The van der Waals surface area contributed by atoms with Crippen molar-refractivity contribution in [2.75, 3.05) is 38.2 Å². The van der Waals surface area contributed by atoms with Crippen LogP contribution in [0.2, 0.25) is 0 Å². The monoisotopic (exact) mass is 675 g/mol. The normalized spacial score (nSPS) is 11.9. The summed E-state index contributed by atoms with van der Waals surface area (Å²) >= 11 is 0. The zero-order valence-electron chi connectivity index (χ0n) is 24.9. The largest absolute Gasteiger partial charge is 0.496 e. The van der Waals surface area contributed by atoms with E-state index in [1.165, 1.54) is 56.7 Å². The summed E-state index contributed by atoms with van der Waals surface area (Å²) in [5.41, 5.74) is 0.271. The van der Waals surface area contributed by atoms with Gasteiger partial charge in [0.25, 0.3) is 0 Å². The molecule has 0 bridgehead atoms. The van der Waals surface area contributed by atoms with E-state index in [2.05, 4.69) is 0 Å². The predicted octanol–water partition coefficient (Wildman–Crippen LogP) is 5.72. The fraction of sp³-hybridized carbons (Fsp3) is 0.276. The quantitative estimate of drug-likeness (QED) is 0.143. The summed E-state index contributed by atoms with van der Waals surface area (Å²) in [6.07, 6.45) is -2.35. The molecule has 0 N–H and O–H groups in total. The number of hydrogen-bond acceptors (Lipinski definition) is 9. The van der Waals surface area contributed by atoms with E-state index < -0.39 is 56.1 Å². The Morgan fingerprint density at radius 2 is 1.42 bits per heavy atom. The highest BCUT2D eigenvalue weighted by Gasteiger charge is 2.43. The number of allylic oxidation sites excluding steroid dienone is 1. The van der Waals surface area contributed by atoms with Crippen LogP contribution in [-0.4, -0.2) is 62.2 Å². The van der Waals surface area contributed by atoms with Crippen LogP contribution in [0.15, 0.2) is 60.2 Å². The minimum Gasteiger partial charge on any atom is -0.496 e. The average Bonchev–Trinajstić information content (AvgIpc) is 2.91. The molecule has 0 unspecified atom stereocenters. The summed E-state index contributed by atoms with van der Waals surface area (Å²) < 4.78 is 125. The molecule has 0 radical (unpaired) electrons. The number of hydrogen-bond donors (Lipinski definition) is 0. The van der Waals surface area contributed by atoms with Gasteiger partial charge in [-0.1, -0.05) is 29.8 Å². The lowest BCUT2D eigenvalue weighted by Gasteiger charge is -2.24. The summed E-state index contributed by atoms with van der Waals surface area (Å²) in [5, 5.41) is 0. The molecule has 0 aliphatic rings. The molecule has 0 aliphatic carbocycles. The van der Waals surface area contributed by atoms with Gasteiger partial charge in [0.1, 0.15) is 17.3 Å². The van der Waals surface area contributed by atoms with Crippen molar-refractivity contribution in [3.63, 3.8) is 0 Å². The minimum atomic E-state index is -5.29. The van der Waals surface area contributed by atoms with E-state index in [1.807, 2.05) is 0 Å². The van der Waals surface area contributed by atoms with Gasteiger partial charge in [-0.15, -0.1) is 0 Å². The highest BCUT2D eigenvalue weighted by Crippen LogP contribution is 2.51. The molecule has 0 fully saturated rings. The molecule has 244 valence electrons. The summed E-state index contributed by atoms with van der Waals surface area (Å²) in [7, 11) is -5.64. The molecule has 0 heterocycles. The molecular formula is C29H29F4NO9S2. The maximum absolute atomic E-state index is 15.6. The fourth-order valence-corrected chi connectivity index (χ4v) is 5.09. The van der Waals surface area contributed by atoms with Crippen molar-refractivity contribution < 1.29 is 57.0 Å². The van der Waals surface area contributed by atoms with Gasteiger partial charge in [0.05, 0.1) is 38.0 Å². The Bertz CT molecular complexity index is 1830. The van der Waals surface area contributed by atoms with E-state index in [9.17, 15) is 34.8 Å². The van der Waals surface area contributed by atoms with E-state index in [0.29, 0.717) is 11.1 Å². The standard InChI is InChI=1S/C29H29F4NO9S2/c1-17(2)13-14-34(28(35)29(31,32)33)23-12-9-19(15-22(23)30)25-24(40-3)16-21(26(41-4)27(25)43-45(6,38)39)18-7-10-20(11-8-18)42-44(5,36)37/h7-13,15-16H,14H2,1-6H3. The van der Waals surface area contributed by atoms with Gasteiger partial charge in [-0.05, 0) is 55.3 Å². The molecule has 0 atom stereocenters. The van der Waals surface area contributed by atoms with E-state index in [-0.39, 0.29) is 38.8 Å². The van der Waals surface area contributed by atoms with Crippen LogP contribution >= 0.6 is 0 Å². The maximum Gasteiger partial charge on any atom is 0.471 e. The van der Waals surface area contributed by atoms with Crippen LogP contribution in [0.4, 0.5) is 23.2 Å². The number of anilines is 1. The molecule has 0 aromatic heterocycles.